The van der Waals surface area contributed by atoms with Crippen molar-refractivity contribution in [3.8, 4) is 0 Å². The normalized spacial score (nSPS) is 18.5. The van der Waals surface area contributed by atoms with Gasteiger partial charge in [-0.25, -0.2) is 4.39 Å². The molecule has 7 nitrogen and oxygen atoms in total. The molecule has 4 rings (SSSR count). The second-order valence-corrected chi connectivity index (χ2v) is 7.14. The molecule has 3 amide bonds. The molecule has 3 N–H and O–H groups in total. The van der Waals surface area contributed by atoms with Crippen LogP contribution in [0.3, 0.4) is 0 Å². The van der Waals surface area contributed by atoms with Crippen molar-refractivity contribution >= 4 is 29.1 Å². The number of halogens is 1. The zero-order valence-corrected chi connectivity index (χ0v) is 15.9. The molecule has 8 heteroatoms. The molecule has 0 saturated carbocycles. The number of hydrogen-bond acceptors (Lipinski definition) is 5. The van der Waals surface area contributed by atoms with Crippen LogP contribution >= 0.6 is 0 Å². The number of piperidine rings is 1. The first-order valence-corrected chi connectivity index (χ1v) is 9.44. The van der Waals surface area contributed by atoms with Crippen molar-refractivity contribution in [3.05, 3.63) is 58.9 Å². The van der Waals surface area contributed by atoms with E-state index in [0.29, 0.717) is 23.2 Å². The third kappa shape index (κ3) is 3.53. The van der Waals surface area contributed by atoms with Crippen LogP contribution in [0.15, 0.2) is 36.4 Å². The molecule has 2 aromatic carbocycles. The summed E-state index contributed by atoms with van der Waals surface area (Å²) in [6, 6.07) is 9.58. The van der Waals surface area contributed by atoms with Crippen LogP contribution in [0.5, 0.6) is 0 Å². The van der Waals surface area contributed by atoms with Crippen LogP contribution < -0.4 is 16.0 Å². The van der Waals surface area contributed by atoms with Gasteiger partial charge in [0, 0.05) is 54.6 Å². The van der Waals surface area contributed by atoms with Gasteiger partial charge in [-0.15, -0.1) is 0 Å². The Morgan fingerprint density at radius 3 is 2.76 bits per heavy atom. The molecule has 0 bridgehead atoms. The van der Waals surface area contributed by atoms with Crippen LogP contribution in [0, 0.1) is 5.82 Å². The topological polar surface area (TPSA) is 90.5 Å². The minimum absolute atomic E-state index is 0.212. The van der Waals surface area contributed by atoms with E-state index in [1.54, 1.807) is 31.3 Å². The van der Waals surface area contributed by atoms with E-state index in [9.17, 15) is 18.8 Å². The molecule has 150 valence electrons. The maximum Gasteiger partial charge on any atom is 0.255 e. The molecule has 0 aromatic heterocycles. The maximum atomic E-state index is 14.2. The number of benzene rings is 2. The van der Waals surface area contributed by atoms with Gasteiger partial charge in [-0.05, 0) is 30.7 Å². The van der Waals surface area contributed by atoms with Gasteiger partial charge in [-0.3, -0.25) is 19.7 Å². The SMILES string of the molecule is CNc1ccc(CNc2cccc3c2CN(C2CCC(=O)NC2=O)C3=O)c(F)c1. The second-order valence-electron chi connectivity index (χ2n) is 7.14. The number of carbonyl (C=O) groups is 3. The first kappa shape index (κ1) is 18.9. The van der Waals surface area contributed by atoms with Crippen molar-refractivity contribution in [2.24, 2.45) is 0 Å². The highest BCUT2D eigenvalue weighted by atomic mass is 19.1. The minimum atomic E-state index is -0.660. The molecule has 29 heavy (non-hydrogen) atoms. The fourth-order valence-electron chi connectivity index (χ4n) is 3.79. The van der Waals surface area contributed by atoms with E-state index in [1.807, 2.05) is 6.07 Å². The summed E-state index contributed by atoms with van der Waals surface area (Å²) in [5.74, 6) is -1.31. The van der Waals surface area contributed by atoms with E-state index in [1.165, 1.54) is 11.0 Å². The smallest absolute Gasteiger partial charge is 0.255 e. The molecule has 0 radical (unpaired) electrons. The van der Waals surface area contributed by atoms with Gasteiger partial charge in [-0.2, -0.15) is 0 Å². The maximum absolute atomic E-state index is 14.2. The van der Waals surface area contributed by atoms with Crippen molar-refractivity contribution in [1.82, 2.24) is 10.2 Å². The molecular formula is C21H21FN4O3. The standard InChI is InChI=1S/C21H21FN4O3/c1-23-13-6-5-12(16(22)9-13)10-24-17-4-2-3-14-15(17)11-26(21(14)29)18-7-8-19(27)25-20(18)28/h2-6,9,18,23-24H,7-8,10-11H2,1H3,(H,25,27,28). The van der Waals surface area contributed by atoms with Gasteiger partial charge in [0.05, 0.1) is 0 Å². The van der Waals surface area contributed by atoms with Crippen LogP contribution in [-0.2, 0) is 22.7 Å². The van der Waals surface area contributed by atoms with Crippen molar-refractivity contribution in [2.45, 2.75) is 32.0 Å². The molecule has 1 atom stereocenters. The van der Waals surface area contributed by atoms with Crippen LogP contribution in [0.4, 0.5) is 15.8 Å². The summed E-state index contributed by atoms with van der Waals surface area (Å²) < 4.78 is 14.2. The Bertz CT molecular complexity index is 1010. The highest BCUT2D eigenvalue weighted by Gasteiger charge is 2.39. The number of fused-ring (bicyclic) bond motifs is 1. The lowest BCUT2D eigenvalue weighted by Gasteiger charge is -2.29. The average Bonchev–Trinajstić information content (AvgIpc) is 3.04. The van der Waals surface area contributed by atoms with Crippen molar-refractivity contribution in [3.63, 3.8) is 0 Å². The molecule has 1 saturated heterocycles. The lowest BCUT2D eigenvalue weighted by atomic mass is 10.0. The number of rotatable bonds is 5. The molecule has 2 heterocycles. The summed E-state index contributed by atoms with van der Waals surface area (Å²) in [7, 11) is 1.73. The third-order valence-corrected chi connectivity index (χ3v) is 5.39. The molecule has 1 fully saturated rings. The third-order valence-electron chi connectivity index (χ3n) is 5.39. The van der Waals surface area contributed by atoms with E-state index in [-0.39, 0.29) is 37.1 Å². The van der Waals surface area contributed by atoms with Gasteiger partial charge in [0.15, 0.2) is 0 Å². The lowest BCUT2D eigenvalue weighted by Crippen LogP contribution is -2.52. The number of imide groups is 1. The zero-order chi connectivity index (χ0) is 20.5. The molecule has 2 aliphatic rings. The quantitative estimate of drug-likeness (QED) is 0.675. The van der Waals surface area contributed by atoms with E-state index >= 15 is 0 Å². The van der Waals surface area contributed by atoms with E-state index in [4.69, 9.17) is 0 Å². The number of anilines is 2. The summed E-state index contributed by atoms with van der Waals surface area (Å²) in [6.45, 7) is 0.531. The molecule has 2 aliphatic heterocycles. The molecule has 1 unspecified atom stereocenters. The summed E-state index contributed by atoms with van der Waals surface area (Å²) >= 11 is 0. The number of amides is 3. The second kappa shape index (κ2) is 7.54. The Morgan fingerprint density at radius 1 is 1.21 bits per heavy atom. The summed E-state index contributed by atoms with van der Waals surface area (Å²) in [5.41, 5.74) is 3.22. The molecular weight excluding hydrogens is 375 g/mol. The number of hydrogen-bond donors (Lipinski definition) is 3. The number of carbonyl (C=O) groups excluding carboxylic acids is 3. The summed E-state index contributed by atoms with van der Waals surface area (Å²) in [4.78, 5) is 37.9. The number of nitrogens with zero attached hydrogens (tertiary/aromatic N) is 1. The monoisotopic (exact) mass is 396 g/mol. The Morgan fingerprint density at radius 2 is 2.03 bits per heavy atom. The fourth-order valence-corrected chi connectivity index (χ4v) is 3.79. The minimum Gasteiger partial charge on any atom is -0.388 e. The zero-order valence-electron chi connectivity index (χ0n) is 15.9. The Balaban J connectivity index is 1.53. The van der Waals surface area contributed by atoms with Crippen LogP contribution in [-0.4, -0.2) is 35.7 Å². The van der Waals surface area contributed by atoms with Crippen molar-refractivity contribution < 1.29 is 18.8 Å². The van der Waals surface area contributed by atoms with Gasteiger partial charge in [-0.1, -0.05) is 12.1 Å². The largest absolute Gasteiger partial charge is 0.388 e. The number of nitrogens with one attached hydrogen (secondary N) is 3. The van der Waals surface area contributed by atoms with E-state index < -0.39 is 11.9 Å². The van der Waals surface area contributed by atoms with E-state index in [2.05, 4.69) is 16.0 Å². The van der Waals surface area contributed by atoms with Gasteiger partial charge in [0.2, 0.25) is 11.8 Å². The predicted molar refractivity (Wildman–Crippen MR) is 106 cm³/mol. The molecule has 0 spiro atoms. The summed E-state index contributed by atoms with van der Waals surface area (Å²) in [5, 5.41) is 8.40. The fraction of sp³-hybridized carbons (Fsp3) is 0.286. The van der Waals surface area contributed by atoms with Crippen molar-refractivity contribution in [1.29, 1.82) is 0 Å². The van der Waals surface area contributed by atoms with Crippen LogP contribution in [0.25, 0.3) is 0 Å². The van der Waals surface area contributed by atoms with Crippen molar-refractivity contribution in [2.75, 3.05) is 17.7 Å². The van der Waals surface area contributed by atoms with Crippen LogP contribution in [0.2, 0.25) is 0 Å². The van der Waals surface area contributed by atoms with Gasteiger partial charge >= 0.3 is 0 Å². The first-order valence-electron chi connectivity index (χ1n) is 9.44. The molecule has 0 aliphatic carbocycles. The Hall–Kier alpha value is -3.42. The highest BCUT2D eigenvalue weighted by Crippen LogP contribution is 2.32. The van der Waals surface area contributed by atoms with Crippen LogP contribution in [0.1, 0.15) is 34.3 Å². The summed E-state index contributed by atoms with van der Waals surface area (Å²) in [6.07, 6.45) is 0.527. The average molecular weight is 396 g/mol. The first-order chi connectivity index (χ1) is 14.0. The lowest BCUT2D eigenvalue weighted by molar-refractivity contribution is -0.136. The Kier molecular flexibility index (Phi) is 4.92. The molecule has 2 aromatic rings. The Labute approximate surface area is 167 Å². The van der Waals surface area contributed by atoms with Gasteiger partial charge < -0.3 is 15.5 Å². The predicted octanol–water partition coefficient (Wildman–Crippen LogP) is 2.24. The van der Waals surface area contributed by atoms with Gasteiger partial charge in [0.1, 0.15) is 11.9 Å². The highest BCUT2D eigenvalue weighted by molar-refractivity contribution is 6.06. The van der Waals surface area contributed by atoms with Gasteiger partial charge in [0.25, 0.3) is 5.91 Å². The van der Waals surface area contributed by atoms with E-state index in [0.717, 1.165) is 11.3 Å².